The highest BCUT2D eigenvalue weighted by Gasteiger charge is 2.15. The van der Waals surface area contributed by atoms with E-state index in [0.717, 1.165) is 11.1 Å². The van der Waals surface area contributed by atoms with Crippen LogP contribution in [0.1, 0.15) is 23.6 Å². The molecule has 0 aliphatic carbocycles. The number of carbonyl (C=O) groups excluding carboxylic acids is 1. The van der Waals surface area contributed by atoms with Gasteiger partial charge in [0.15, 0.2) is 11.5 Å². The normalized spacial score (nSPS) is 10.9. The molecule has 0 saturated heterocycles. The van der Waals surface area contributed by atoms with Gasteiger partial charge in [0.2, 0.25) is 0 Å². The van der Waals surface area contributed by atoms with Crippen molar-refractivity contribution in [3.05, 3.63) is 93.5 Å². The van der Waals surface area contributed by atoms with Gasteiger partial charge in [-0.05, 0) is 71.2 Å². The molecule has 3 aromatic rings. The van der Waals surface area contributed by atoms with Crippen LogP contribution in [0.4, 0.5) is 5.69 Å². The summed E-state index contributed by atoms with van der Waals surface area (Å²) in [7, 11) is 0. The van der Waals surface area contributed by atoms with Crippen molar-refractivity contribution >= 4 is 33.6 Å². The Morgan fingerprint density at radius 2 is 1.88 bits per heavy atom. The predicted octanol–water partition coefficient (Wildman–Crippen LogP) is 6.28. The molecular formula is C26H23BrN2O3. The average molecular weight is 491 g/mol. The second-order valence-corrected chi connectivity index (χ2v) is 7.89. The number of aryl methyl sites for hydroxylation is 1. The quantitative estimate of drug-likeness (QED) is 0.297. The Morgan fingerprint density at radius 3 is 2.56 bits per heavy atom. The van der Waals surface area contributed by atoms with Gasteiger partial charge in [-0.25, -0.2) is 0 Å². The summed E-state index contributed by atoms with van der Waals surface area (Å²) in [5, 5.41) is 12.2. The molecule has 1 N–H and O–H groups in total. The zero-order chi connectivity index (χ0) is 22.9. The maximum atomic E-state index is 12.5. The second-order valence-electron chi connectivity index (χ2n) is 7.03. The number of halogens is 1. The first-order chi connectivity index (χ1) is 15.5. The summed E-state index contributed by atoms with van der Waals surface area (Å²) in [6.07, 6.45) is 1.52. The summed E-state index contributed by atoms with van der Waals surface area (Å²) in [6, 6.07) is 22.6. The van der Waals surface area contributed by atoms with Gasteiger partial charge < -0.3 is 14.8 Å². The number of benzene rings is 3. The van der Waals surface area contributed by atoms with Crippen molar-refractivity contribution in [3.8, 4) is 17.6 Å². The Kier molecular flexibility index (Phi) is 8.07. The topological polar surface area (TPSA) is 71.3 Å². The van der Waals surface area contributed by atoms with Gasteiger partial charge in [-0.2, -0.15) is 5.26 Å². The van der Waals surface area contributed by atoms with Crippen LogP contribution in [0.25, 0.3) is 6.08 Å². The summed E-state index contributed by atoms with van der Waals surface area (Å²) in [5.41, 5.74) is 3.45. The van der Waals surface area contributed by atoms with E-state index in [2.05, 4.69) is 27.3 Å². The summed E-state index contributed by atoms with van der Waals surface area (Å²) in [6.45, 7) is 4.75. The standard InChI is InChI=1S/C26H23BrN2O3/c1-3-31-24-15-20(13-21(16-28)26(30)29-22-10-5-4-6-11-22)14-23(27)25(24)32-17-19-9-7-8-18(2)12-19/h4-15H,3,17H2,1-2H3,(H,29,30)/b21-13+. The van der Waals surface area contributed by atoms with Gasteiger partial charge in [0.05, 0.1) is 11.1 Å². The van der Waals surface area contributed by atoms with Crippen molar-refractivity contribution in [1.82, 2.24) is 0 Å². The van der Waals surface area contributed by atoms with Crippen LogP contribution < -0.4 is 14.8 Å². The molecule has 5 nitrogen and oxygen atoms in total. The third-order valence-electron chi connectivity index (χ3n) is 4.51. The van der Waals surface area contributed by atoms with E-state index in [4.69, 9.17) is 9.47 Å². The van der Waals surface area contributed by atoms with Crippen LogP contribution in [0, 0.1) is 18.3 Å². The lowest BCUT2D eigenvalue weighted by molar-refractivity contribution is -0.112. The molecule has 3 aromatic carbocycles. The fourth-order valence-corrected chi connectivity index (χ4v) is 3.64. The number of nitriles is 1. The number of rotatable bonds is 8. The number of ether oxygens (including phenoxy) is 2. The van der Waals surface area contributed by atoms with E-state index < -0.39 is 5.91 Å². The highest BCUT2D eigenvalue weighted by Crippen LogP contribution is 2.38. The number of hydrogen-bond donors (Lipinski definition) is 1. The SMILES string of the molecule is CCOc1cc(/C=C(\C#N)C(=O)Nc2ccccc2)cc(Br)c1OCc1cccc(C)c1. The Balaban J connectivity index is 1.85. The lowest BCUT2D eigenvalue weighted by Crippen LogP contribution is -2.13. The van der Waals surface area contributed by atoms with Gasteiger partial charge in [0, 0.05) is 5.69 Å². The summed E-state index contributed by atoms with van der Waals surface area (Å²) in [5.74, 6) is 0.617. The minimum Gasteiger partial charge on any atom is -0.490 e. The van der Waals surface area contributed by atoms with E-state index in [1.54, 1.807) is 24.3 Å². The molecule has 0 radical (unpaired) electrons. The minimum atomic E-state index is -0.479. The number of para-hydroxylation sites is 1. The molecule has 162 valence electrons. The lowest BCUT2D eigenvalue weighted by atomic mass is 10.1. The molecule has 6 heteroatoms. The van der Waals surface area contributed by atoms with Crippen LogP contribution in [0.15, 0.2) is 76.8 Å². The van der Waals surface area contributed by atoms with Gasteiger partial charge in [-0.15, -0.1) is 0 Å². The first-order valence-electron chi connectivity index (χ1n) is 10.1. The van der Waals surface area contributed by atoms with Crippen molar-refractivity contribution in [2.24, 2.45) is 0 Å². The molecule has 0 saturated carbocycles. The Hall–Kier alpha value is -3.56. The van der Waals surface area contributed by atoms with Crippen LogP contribution in [-0.4, -0.2) is 12.5 Å². The molecule has 0 bridgehead atoms. The maximum Gasteiger partial charge on any atom is 0.266 e. The van der Waals surface area contributed by atoms with E-state index in [0.29, 0.717) is 40.4 Å². The average Bonchev–Trinajstić information content (AvgIpc) is 2.78. The highest BCUT2D eigenvalue weighted by atomic mass is 79.9. The molecule has 1 amide bonds. The molecule has 3 rings (SSSR count). The van der Waals surface area contributed by atoms with Gasteiger partial charge in [-0.1, -0.05) is 48.0 Å². The van der Waals surface area contributed by atoms with Crippen molar-refractivity contribution in [2.45, 2.75) is 20.5 Å². The summed E-state index contributed by atoms with van der Waals surface area (Å²) < 4.78 is 12.5. The van der Waals surface area contributed by atoms with E-state index in [1.807, 2.05) is 56.3 Å². The van der Waals surface area contributed by atoms with Gasteiger partial charge in [-0.3, -0.25) is 4.79 Å². The predicted molar refractivity (Wildman–Crippen MR) is 129 cm³/mol. The van der Waals surface area contributed by atoms with Crippen LogP contribution in [0.5, 0.6) is 11.5 Å². The number of amides is 1. The fourth-order valence-electron chi connectivity index (χ4n) is 3.07. The third kappa shape index (κ3) is 6.22. The second kappa shape index (κ2) is 11.2. The van der Waals surface area contributed by atoms with E-state index >= 15 is 0 Å². The lowest BCUT2D eigenvalue weighted by Gasteiger charge is -2.15. The fraction of sp³-hybridized carbons (Fsp3) is 0.154. The molecule has 0 heterocycles. The van der Waals surface area contributed by atoms with E-state index in [1.165, 1.54) is 6.08 Å². The molecule has 32 heavy (non-hydrogen) atoms. The van der Waals surface area contributed by atoms with Crippen molar-refractivity contribution in [1.29, 1.82) is 5.26 Å². The number of hydrogen-bond acceptors (Lipinski definition) is 4. The molecule has 0 spiro atoms. The maximum absolute atomic E-state index is 12.5. The first-order valence-corrected chi connectivity index (χ1v) is 10.9. The number of nitrogens with zero attached hydrogens (tertiary/aromatic N) is 1. The molecule has 0 unspecified atom stereocenters. The number of anilines is 1. The van der Waals surface area contributed by atoms with Gasteiger partial charge in [0.1, 0.15) is 18.2 Å². The zero-order valence-corrected chi connectivity index (χ0v) is 19.5. The molecule has 0 aromatic heterocycles. The third-order valence-corrected chi connectivity index (χ3v) is 5.09. The number of nitrogens with one attached hydrogen (secondary N) is 1. The van der Waals surface area contributed by atoms with Crippen molar-refractivity contribution in [2.75, 3.05) is 11.9 Å². The van der Waals surface area contributed by atoms with Gasteiger partial charge >= 0.3 is 0 Å². The van der Waals surface area contributed by atoms with Crippen molar-refractivity contribution in [3.63, 3.8) is 0 Å². The zero-order valence-electron chi connectivity index (χ0n) is 17.9. The van der Waals surface area contributed by atoms with Crippen LogP contribution in [0.3, 0.4) is 0 Å². The monoisotopic (exact) mass is 490 g/mol. The molecule has 0 aliphatic heterocycles. The molecule has 0 fully saturated rings. The summed E-state index contributed by atoms with van der Waals surface area (Å²) in [4.78, 5) is 12.5. The Labute approximate surface area is 196 Å². The minimum absolute atomic E-state index is 0.0170. The largest absolute Gasteiger partial charge is 0.490 e. The highest BCUT2D eigenvalue weighted by molar-refractivity contribution is 9.10. The molecular weight excluding hydrogens is 468 g/mol. The summed E-state index contributed by atoms with van der Waals surface area (Å²) >= 11 is 3.54. The van der Waals surface area contributed by atoms with E-state index in [9.17, 15) is 10.1 Å². The van der Waals surface area contributed by atoms with Gasteiger partial charge in [0.25, 0.3) is 5.91 Å². The number of carbonyl (C=O) groups is 1. The van der Waals surface area contributed by atoms with Crippen LogP contribution >= 0.6 is 15.9 Å². The van der Waals surface area contributed by atoms with Crippen LogP contribution in [-0.2, 0) is 11.4 Å². The Morgan fingerprint density at radius 1 is 1.09 bits per heavy atom. The molecule has 0 atom stereocenters. The van der Waals surface area contributed by atoms with E-state index in [-0.39, 0.29) is 5.57 Å². The van der Waals surface area contributed by atoms with Crippen molar-refractivity contribution < 1.29 is 14.3 Å². The molecule has 0 aliphatic rings. The first kappa shape index (κ1) is 23.1. The van der Waals surface area contributed by atoms with Crippen LogP contribution in [0.2, 0.25) is 0 Å². The Bertz CT molecular complexity index is 1170. The smallest absolute Gasteiger partial charge is 0.266 e.